The van der Waals surface area contributed by atoms with Crippen molar-refractivity contribution < 1.29 is 38.7 Å². The van der Waals surface area contributed by atoms with E-state index in [0.717, 1.165) is 0 Å². The number of pyridine rings is 1. The van der Waals surface area contributed by atoms with Crippen molar-refractivity contribution in [1.29, 1.82) is 0 Å². The zero-order chi connectivity index (χ0) is 40.5. The van der Waals surface area contributed by atoms with Crippen LogP contribution in [0.2, 0.25) is 0 Å². The zero-order valence-electron chi connectivity index (χ0n) is 33.1. The van der Waals surface area contributed by atoms with Gasteiger partial charge in [0.2, 0.25) is 41.4 Å². The van der Waals surface area contributed by atoms with Crippen LogP contribution in [-0.2, 0) is 40.0 Å². The molecule has 2 rings (SSSR count). The van der Waals surface area contributed by atoms with Crippen LogP contribution < -0.4 is 31.9 Å². The lowest BCUT2D eigenvalue weighted by atomic mass is 9.96. The van der Waals surface area contributed by atoms with Gasteiger partial charge in [-0.25, -0.2) is 0 Å². The molecule has 0 bridgehead atoms. The zero-order valence-corrected chi connectivity index (χ0v) is 33.1. The number of rotatable bonds is 21. The SMILES string of the molecule is CCC[C@H](NC(=O)[C@@H](NC(=O)[C@H](NC(C)=O)[C@@H](C)CC)[C@@H](C)O)C(=O)N[C@H](C(=O)N[C@@H](Cc1cccnc1)C(=O)N1CCC[C@H]1C(=O)NCC)[C@@H](C)CC. The number of amides is 7. The van der Waals surface area contributed by atoms with Gasteiger partial charge in [0.1, 0.15) is 36.3 Å². The van der Waals surface area contributed by atoms with Crippen molar-refractivity contribution in [2.75, 3.05) is 13.1 Å². The van der Waals surface area contributed by atoms with Crippen LogP contribution in [0.25, 0.3) is 0 Å². The summed E-state index contributed by atoms with van der Waals surface area (Å²) in [5.74, 6) is -4.54. The van der Waals surface area contributed by atoms with Crippen molar-refractivity contribution in [3.63, 3.8) is 0 Å². The number of aliphatic hydroxyl groups is 1. The van der Waals surface area contributed by atoms with Crippen LogP contribution in [0.1, 0.15) is 99.5 Å². The van der Waals surface area contributed by atoms with Gasteiger partial charge in [0.15, 0.2) is 0 Å². The predicted molar refractivity (Wildman–Crippen MR) is 202 cm³/mol. The Hall–Kier alpha value is -4.60. The molecular weight excluding hydrogens is 696 g/mol. The molecule has 302 valence electrons. The first kappa shape index (κ1) is 45.6. The van der Waals surface area contributed by atoms with Crippen LogP contribution in [0.3, 0.4) is 0 Å². The minimum absolute atomic E-state index is 0.0962. The fourth-order valence-corrected chi connectivity index (χ4v) is 6.36. The Morgan fingerprint density at radius 2 is 1.39 bits per heavy atom. The van der Waals surface area contributed by atoms with Crippen LogP contribution in [0.15, 0.2) is 24.5 Å². The minimum Gasteiger partial charge on any atom is -0.391 e. The van der Waals surface area contributed by atoms with Crippen molar-refractivity contribution in [1.82, 2.24) is 41.8 Å². The topological polar surface area (TPSA) is 228 Å². The van der Waals surface area contributed by atoms with E-state index < -0.39 is 83.7 Å². The van der Waals surface area contributed by atoms with E-state index in [0.29, 0.717) is 50.8 Å². The van der Waals surface area contributed by atoms with Gasteiger partial charge in [0, 0.05) is 38.8 Å². The Kier molecular flexibility index (Phi) is 19.0. The van der Waals surface area contributed by atoms with Crippen LogP contribution >= 0.6 is 0 Å². The maximum atomic E-state index is 14.1. The van der Waals surface area contributed by atoms with Gasteiger partial charge in [0.25, 0.3) is 0 Å². The Bertz CT molecular complexity index is 1430. The van der Waals surface area contributed by atoms with Crippen molar-refractivity contribution in [3.05, 3.63) is 30.1 Å². The lowest BCUT2D eigenvalue weighted by molar-refractivity contribution is -0.142. The predicted octanol–water partition coefficient (Wildman–Crippen LogP) is 0.468. The molecule has 0 unspecified atom stereocenters. The van der Waals surface area contributed by atoms with E-state index in [2.05, 4.69) is 36.9 Å². The van der Waals surface area contributed by atoms with E-state index in [1.54, 1.807) is 45.3 Å². The Morgan fingerprint density at radius 3 is 1.93 bits per heavy atom. The van der Waals surface area contributed by atoms with Crippen molar-refractivity contribution >= 4 is 41.4 Å². The van der Waals surface area contributed by atoms with E-state index in [9.17, 15) is 38.7 Å². The van der Waals surface area contributed by atoms with Crippen LogP contribution in [0.5, 0.6) is 0 Å². The van der Waals surface area contributed by atoms with E-state index in [4.69, 9.17) is 0 Å². The Labute approximate surface area is 319 Å². The summed E-state index contributed by atoms with van der Waals surface area (Å²) in [6, 6.07) is -2.90. The second kappa shape index (κ2) is 22.6. The largest absolute Gasteiger partial charge is 0.391 e. The first-order valence-corrected chi connectivity index (χ1v) is 19.2. The highest BCUT2D eigenvalue weighted by Gasteiger charge is 2.40. The number of aliphatic hydroxyl groups excluding tert-OH is 1. The highest BCUT2D eigenvalue weighted by atomic mass is 16.3. The number of likely N-dealkylation sites (N-methyl/N-ethyl adjacent to an activating group) is 1. The number of nitrogens with zero attached hydrogens (tertiary/aromatic N) is 2. The maximum Gasteiger partial charge on any atom is 0.246 e. The standard InChI is InChI=1S/C38H62N8O8/c1-9-15-27(42-37(53)32(24(7)47)45-36(52)30(22(5)10-2)41-25(8)48)33(49)44-31(23(6)11-3)35(51)43-28(20-26-16-13-18-39-21-26)38(54)46-19-14-17-29(46)34(50)40-12-4/h13,16,18,21-24,27-32,47H,9-12,14-15,17,19-20H2,1-8H3,(H,40,50)(H,41,48)(H,42,53)(H,43,51)(H,44,49)(H,45,52)/t22-,23-,24+,27-,28-,29-,30+,31-,32-/m0/s1. The lowest BCUT2D eigenvalue weighted by Gasteiger charge is -2.32. The second-order valence-electron chi connectivity index (χ2n) is 14.2. The number of nitrogens with one attached hydrogen (secondary N) is 6. The van der Waals surface area contributed by atoms with Crippen LogP contribution in [-0.4, -0.2) is 112 Å². The average molecular weight is 759 g/mol. The molecule has 54 heavy (non-hydrogen) atoms. The van der Waals surface area contributed by atoms with Crippen molar-refractivity contribution in [3.8, 4) is 0 Å². The monoisotopic (exact) mass is 758 g/mol. The molecule has 7 N–H and O–H groups in total. The molecule has 1 aliphatic heterocycles. The van der Waals surface area contributed by atoms with E-state index >= 15 is 0 Å². The van der Waals surface area contributed by atoms with Gasteiger partial charge in [-0.2, -0.15) is 0 Å². The quantitative estimate of drug-likeness (QED) is 0.0924. The smallest absolute Gasteiger partial charge is 0.246 e. The molecule has 1 aliphatic rings. The maximum absolute atomic E-state index is 14.1. The van der Waals surface area contributed by atoms with Gasteiger partial charge in [-0.05, 0) is 56.6 Å². The summed E-state index contributed by atoms with van der Waals surface area (Å²) in [6.07, 6.45) is 4.73. The highest BCUT2D eigenvalue weighted by Crippen LogP contribution is 2.20. The molecule has 1 saturated heterocycles. The van der Waals surface area contributed by atoms with E-state index in [1.165, 1.54) is 18.7 Å². The number of carbonyl (C=O) groups is 7. The molecule has 16 heteroatoms. The van der Waals surface area contributed by atoms with Gasteiger partial charge in [-0.3, -0.25) is 38.5 Å². The highest BCUT2D eigenvalue weighted by molar-refractivity contribution is 5.97. The van der Waals surface area contributed by atoms with Crippen LogP contribution in [0.4, 0.5) is 0 Å². The summed E-state index contributed by atoms with van der Waals surface area (Å²) in [6.45, 7) is 14.2. The number of aromatic nitrogens is 1. The normalized spacial score (nSPS) is 18.4. The molecule has 7 amide bonds. The summed E-state index contributed by atoms with van der Waals surface area (Å²) >= 11 is 0. The molecule has 9 atom stereocenters. The molecule has 1 fully saturated rings. The molecular formula is C38H62N8O8. The summed E-state index contributed by atoms with van der Waals surface area (Å²) in [5.41, 5.74) is 0.687. The third-order valence-corrected chi connectivity index (χ3v) is 9.89. The molecule has 16 nitrogen and oxygen atoms in total. The van der Waals surface area contributed by atoms with Crippen molar-refractivity contribution in [2.45, 2.75) is 143 Å². The Morgan fingerprint density at radius 1 is 0.815 bits per heavy atom. The van der Waals surface area contributed by atoms with Crippen LogP contribution in [0, 0.1) is 11.8 Å². The Balaban J connectivity index is 2.32. The molecule has 0 aromatic carbocycles. The molecule has 0 spiro atoms. The number of likely N-dealkylation sites (tertiary alicyclic amines) is 1. The molecule has 0 aliphatic carbocycles. The molecule has 1 aromatic heterocycles. The second-order valence-corrected chi connectivity index (χ2v) is 14.2. The van der Waals surface area contributed by atoms with Gasteiger partial charge in [-0.1, -0.05) is 59.9 Å². The molecule has 0 radical (unpaired) electrons. The van der Waals surface area contributed by atoms with Gasteiger partial charge < -0.3 is 41.9 Å². The fourth-order valence-electron chi connectivity index (χ4n) is 6.36. The average Bonchev–Trinajstić information content (AvgIpc) is 3.64. The summed E-state index contributed by atoms with van der Waals surface area (Å²) in [4.78, 5) is 98.9. The van der Waals surface area contributed by atoms with Gasteiger partial charge in [0.05, 0.1) is 6.10 Å². The fraction of sp³-hybridized carbons (Fsp3) is 0.684. The molecule has 2 heterocycles. The molecule has 0 saturated carbocycles. The first-order valence-electron chi connectivity index (χ1n) is 19.2. The number of hydrogen-bond acceptors (Lipinski definition) is 9. The lowest BCUT2D eigenvalue weighted by Crippen LogP contribution is -2.62. The van der Waals surface area contributed by atoms with E-state index in [1.807, 2.05) is 20.8 Å². The summed E-state index contributed by atoms with van der Waals surface area (Å²) < 4.78 is 0. The summed E-state index contributed by atoms with van der Waals surface area (Å²) in [5, 5.41) is 26.7. The number of hydrogen-bond donors (Lipinski definition) is 7. The summed E-state index contributed by atoms with van der Waals surface area (Å²) in [7, 11) is 0. The minimum atomic E-state index is -1.45. The van der Waals surface area contributed by atoms with Gasteiger partial charge in [-0.15, -0.1) is 0 Å². The van der Waals surface area contributed by atoms with Gasteiger partial charge >= 0.3 is 0 Å². The van der Waals surface area contributed by atoms with E-state index in [-0.39, 0.29) is 24.7 Å². The van der Waals surface area contributed by atoms with Crippen molar-refractivity contribution in [2.24, 2.45) is 11.8 Å². The third-order valence-electron chi connectivity index (χ3n) is 9.89. The molecule has 1 aromatic rings. The first-order chi connectivity index (χ1) is 25.6. The number of carbonyl (C=O) groups excluding carboxylic acids is 7. The third kappa shape index (κ3) is 13.4.